The van der Waals surface area contributed by atoms with Crippen molar-refractivity contribution in [3.05, 3.63) is 29.8 Å². The van der Waals surface area contributed by atoms with Gasteiger partial charge >= 0.3 is 11.9 Å². The molecule has 0 saturated carbocycles. The van der Waals surface area contributed by atoms with Gasteiger partial charge in [-0.05, 0) is 35.1 Å². The van der Waals surface area contributed by atoms with E-state index < -0.39 is 4.83 Å². The summed E-state index contributed by atoms with van der Waals surface area (Å²) in [6.45, 7) is 11.7. The van der Waals surface area contributed by atoms with E-state index in [2.05, 4.69) is 15.9 Å². The van der Waals surface area contributed by atoms with Crippen LogP contribution in [-0.4, -0.2) is 29.2 Å². The third-order valence-electron chi connectivity index (χ3n) is 3.39. The van der Waals surface area contributed by atoms with Gasteiger partial charge in [-0.15, -0.1) is 0 Å². The molecule has 0 fully saturated rings. The first kappa shape index (κ1) is 23.3. The third kappa shape index (κ3) is 9.70. The van der Waals surface area contributed by atoms with Gasteiger partial charge in [-0.2, -0.15) is 0 Å². The van der Waals surface area contributed by atoms with Crippen LogP contribution in [0.1, 0.15) is 64.7 Å². The van der Waals surface area contributed by atoms with Gasteiger partial charge in [0.15, 0.2) is 5.78 Å². The number of benzene rings is 1. The lowest BCUT2D eigenvalue weighted by Gasteiger charge is -2.17. The summed E-state index contributed by atoms with van der Waals surface area (Å²) in [6.07, 6.45) is 0.590. The van der Waals surface area contributed by atoms with E-state index in [1.54, 1.807) is 24.3 Å². The van der Waals surface area contributed by atoms with Crippen LogP contribution >= 0.6 is 15.9 Å². The van der Waals surface area contributed by atoms with Crippen LogP contribution in [0.15, 0.2) is 24.3 Å². The summed E-state index contributed by atoms with van der Waals surface area (Å²) in [5, 5.41) is 0. The molecule has 27 heavy (non-hydrogen) atoms. The average Bonchev–Trinajstić information content (AvgIpc) is 2.49. The second-order valence-corrected chi connectivity index (χ2v) is 10.1. The minimum Gasteiger partial charge on any atom is -0.464 e. The van der Waals surface area contributed by atoms with Crippen molar-refractivity contribution in [2.24, 2.45) is 10.8 Å². The molecule has 1 unspecified atom stereocenters. The highest BCUT2D eigenvalue weighted by molar-refractivity contribution is 9.10. The van der Waals surface area contributed by atoms with Crippen LogP contribution in [0.2, 0.25) is 0 Å². The lowest BCUT2D eigenvalue weighted by Crippen LogP contribution is -2.24. The van der Waals surface area contributed by atoms with Crippen molar-refractivity contribution in [2.75, 3.05) is 6.61 Å². The number of hydrogen-bond donors (Lipinski definition) is 0. The third-order valence-corrected chi connectivity index (χ3v) is 4.08. The molecule has 6 heteroatoms. The molecule has 1 aromatic carbocycles. The molecule has 0 bridgehead atoms. The molecule has 0 spiro atoms. The molecule has 1 aromatic rings. The molecule has 1 rings (SSSR count). The topological polar surface area (TPSA) is 69.7 Å². The zero-order chi connectivity index (χ0) is 20.8. The van der Waals surface area contributed by atoms with Crippen molar-refractivity contribution in [2.45, 2.75) is 59.2 Å². The summed E-state index contributed by atoms with van der Waals surface area (Å²) in [5.74, 6) is -0.457. The van der Waals surface area contributed by atoms with Crippen LogP contribution in [0.5, 0.6) is 5.75 Å². The fourth-order valence-corrected chi connectivity index (χ4v) is 2.59. The fourth-order valence-electron chi connectivity index (χ4n) is 2.19. The Morgan fingerprint density at radius 2 is 1.37 bits per heavy atom. The number of Topliss-reactive ketones (excluding diaryl/α,β-unsaturated/α-hetero) is 1. The Labute approximate surface area is 169 Å². The monoisotopic (exact) mass is 440 g/mol. The Balaban J connectivity index is 2.58. The van der Waals surface area contributed by atoms with Crippen molar-refractivity contribution < 1.29 is 23.9 Å². The SMILES string of the molecule is CC(C)(C)CC(=O)OCC(Br)C(=O)c1ccc(OC(=O)CC(C)(C)C)cc1. The zero-order valence-corrected chi connectivity index (χ0v) is 18.5. The maximum Gasteiger partial charge on any atom is 0.311 e. The summed E-state index contributed by atoms with van der Waals surface area (Å²) in [5.41, 5.74) is 0.128. The molecule has 0 aliphatic rings. The highest BCUT2D eigenvalue weighted by Crippen LogP contribution is 2.22. The van der Waals surface area contributed by atoms with Crippen LogP contribution in [0.25, 0.3) is 0 Å². The first-order chi connectivity index (χ1) is 12.3. The van der Waals surface area contributed by atoms with Gasteiger partial charge in [0.2, 0.25) is 0 Å². The standard InChI is InChI=1S/C21H29BrO5/c1-20(2,3)11-17(23)26-13-16(22)19(25)14-7-9-15(10-8-14)27-18(24)12-21(4,5)6/h7-10,16H,11-13H2,1-6H3. The summed E-state index contributed by atoms with van der Waals surface area (Å²) in [6, 6.07) is 6.35. The lowest BCUT2D eigenvalue weighted by atomic mass is 9.92. The van der Waals surface area contributed by atoms with Gasteiger partial charge in [-0.3, -0.25) is 14.4 Å². The van der Waals surface area contributed by atoms with E-state index >= 15 is 0 Å². The van der Waals surface area contributed by atoms with E-state index in [-0.39, 0.29) is 41.6 Å². The molecule has 0 saturated heterocycles. The Morgan fingerprint density at radius 3 is 1.85 bits per heavy atom. The maximum atomic E-state index is 12.4. The Morgan fingerprint density at radius 1 is 0.889 bits per heavy atom. The van der Waals surface area contributed by atoms with Crippen LogP contribution in [0.4, 0.5) is 0 Å². The van der Waals surface area contributed by atoms with Crippen molar-refractivity contribution in [1.82, 2.24) is 0 Å². The number of carbonyl (C=O) groups excluding carboxylic acids is 3. The Bertz CT molecular complexity index is 665. The maximum absolute atomic E-state index is 12.4. The van der Waals surface area contributed by atoms with Gasteiger partial charge in [-0.1, -0.05) is 57.5 Å². The van der Waals surface area contributed by atoms with Gasteiger partial charge in [0.1, 0.15) is 17.2 Å². The number of rotatable bonds is 7. The van der Waals surface area contributed by atoms with Crippen molar-refractivity contribution in [1.29, 1.82) is 0 Å². The van der Waals surface area contributed by atoms with Gasteiger partial charge in [0, 0.05) is 5.56 Å². The van der Waals surface area contributed by atoms with E-state index in [1.165, 1.54) is 0 Å². The number of alkyl halides is 1. The van der Waals surface area contributed by atoms with E-state index in [0.29, 0.717) is 17.7 Å². The summed E-state index contributed by atoms with van der Waals surface area (Å²) < 4.78 is 10.4. The van der Waals surface area contributed by atoms with Crippen LogP contribution in [0.3, 0.4) is 0 Å². The molecule has 150 valence electrons. The van der Waals surface area contributed by atoms with Crippen molar-refractivity contribution in [3.63, 3.8) is 0 Å². The van der Waals surface area contributed by atoms with E-state index in [9.17, 15) is 14.4 Å². The van der Waals surface area contributed by atoms with E-state index in [0.717, 1.165) is 0 Å². The predicted molar refractivity (Wildman–Crippen MR) is 108 cm³/mol. The molecule has 0 amide bonds. The van der Waals surface area contributed by atoms with Gasteiger partial charge in [-0.25, -0.2) is 0 Å². The predicted octanol–water partition coefficient (Wildman–Crippen LogP) is 4.95. The number of ether oxygens (including phenoxy) is 2. The number of esters is 2. The molecule has 5 nitrogen and oxygen atoms in total. The van der Waals surface area contributed by atoms with Crippen molar-refractivity contribution in [3.8, 4) is 5.75 Å². The molecule has 1 atom stereocenters. The van der Waals surface area contributed by atoms with Gasteiger partial charge in [0.25, 0.3) is 0 Å². The molecule has 0 aromatic heterocycles. The van der Waals surface area contributed by atoms with Gasteiger partial charge < -0.3 is 9.47 Å². The minimum absolute atomic E-state index is 0.0317. The zero-order valence-electron chi connectivity index (χ0n) is 16.9. The van der Waals surface area contributed by atoms with Gasteiger partial charge in [0.05, 0.1) is 12.8 Å². The largest absolute Gasteiger partial charge is 0.464 e. The second-order valence-electron chi connectivity index (χ2n) is 8.99. The smallest absolute Gasteiger partial charge is 0.311 e. The summed E-state index contributed by atoms with van der Waals surface area (Å²) in [4.78, 5) is 35.4. The van der Waals surface area contributed by atoms with Crippen LogP contribution in [0, 0.1) is 10.8 Å². The quantitative estimate of drug-likeness (QED) is 0.259. The Hall–Kier alpha value is -1.69. The summed E-state index contributed by atoms with van der Waals surface area (Å²) >= 11 is 3.27. The molecule has 0 N–H and O–H groups in total. The lowest BCUT2D eigenvalue weighted by molar-refractivity contribution is -0.145. The number of hydrogen-bond acceptors (Lipinski definition) is 5. The molecule has 0 aliphatic heterocycles. The highest BCUT2D eigenvalue weighted by Gasteiger charge is 2.22. The van der Waals surface area contributed by atoms with Crippen LogP contribution < -0.4 is 4.74 Å². The number of ketones is 1. The molecule has 0 heterocycles. The highest BCUT2D eigenvalue weighted by atomic mass is 79.9. The normalized spacial score (nSPS) is 13.0. The molecule has 0 aliphatic carbocycles. The van der Waals surface area contributed by atoms with E-state index in [1.807, 2.05) is 41.5 Å². The summed E-state index contributed by atoms with van der Waals surface area (Å²) in [7, 11) is 0. The first-order valence-corrected chi connectivity index (χ1v) is 9.83. The molecule has 0 radical (unpaired) electrons. The second kappa shape index (κ2) is 9.49. The first-order valence-electron chi connectivity index (χ1n) is 8.91. The number of halogens is 1. The van der Waals surface area contributed by atoms with Crippen LogP contribution in [-0.2, 0) is 14.3 Å². The molecular weight excluding hydrogens is 412 g/mol. The van der Waals surface area contributed by atoms with Crippen molar-refractivity contribution >= 4 is 33.7 Å². The minimum atomic E-state index is -0.629. The van der Waals surface area contributed by atoms with E-state index in [4.69, 9.17) is 9.47 Å². The fraction of sp³-hybridized carbons (Fsp3) is 0.571. The average molecular weight is 441 g/mol. The number of carbonyl (C=O) groups is 3. The Kier molecular flexibility index (Phi) is 8.21. The molecular formula is C21H29BrO5.